The van der Waals surface area contributed by atoms with E-state index in [2.05, 4.69) is 4.74 Å². The van der Waals surface area contributed by atoms with Crippen LogP contribution in [-0.2, 0) is 14.3 Å². The Labute approximate surface area is 103 Å². The van der Waals surface area contributed by atoms with E-state index in [4.69, 9.17) is 10.5 Å². The van der Waals surface area contributed by atoms with Crippen molar-refractivity contribution < 1.29 is 29.6 Å². The van der Waals surface area contributed by atoms with Gasteiger partial charge in [0.15, 0.2) is 6.10 Å². The molecule has 0 aliphatic carbocycles. The zero-order valence-corrected chi connectivity index (χ0v) is 10.2. The molecule has 0 radical (unpaired) electrons. The lowest BCUT2D eigenvalue weighted by Crippen LogP contribution is -2.59. The summed E-state index contributed by atoms with van der Waals surface area (Å²) in [6.45, 7) is 0.374. The number of thioether (sulfide) groups is 1. The average Bonchev–Trinajstić information content (AvgIpc) is 2.34. The molecule has 0 saturated carbocycles. The van der Waals surface area contributed by atoms with Crippen LogP contribution in [0.5, 0.6) is 0 Å². The van der Waals surface area contributed by atoms with E-state index < -0.39 is 35.8 Å². The first-order chi connectivity index (χ1) is 8.02. The number of aliphatic hydroxyl groups is 3. The summed E-state index contributed by atoms with van der Waals surface area (Å²) in [5.41, 5.74) is 4.49. The van der Waals surface area contributed by atoms with Crippen LogP contribution in [0.25, 0.3) is 0 Å². The van der Waals surface area contributed by atoms with Crippen LogP contribution >= 0.6 is 11.8 Å². The molecule has 8 heteroatoms. The van der Waals surface area contributed by atoms with E-state index in [0.717, 1.165) is 7.11 Å². The van der Waals surface area contributed by atoms with Crippen molar-refractivity contribution in [3.05, 3.63) is 0 Å². The van der Waals surface area contributed by atoms with Crippen LogP contribution in [0.15, 0.2) is 0 Å². The molecule has 1 heterocycles. The lowest BCUT2D eigenvalue weighted by atomic mass is 10.00. The number of hydrogen-bond acceptors (Lipinski definition) is 8. The predicted octanol–water partition coefficient (Wildman–Crippen LogP) is -2.34. The summed E-state index contributed by atoms with van der Waals surface area (Å²) in [6.07, 6.45) is -5.54. The number of carbonyl (C=O) groups excluding carboxylic acids is 1. The van der Waals surface area contributed by atoms with Crippen molar-refractivity contribution >= 4 is 17.7 Å². The smallest absolute Gasteiger partial charge is 0.337 e. The summed E-state index contributed by atoms with van der Waals surface area (Å²) in [4.78, 5) is 11.3. The second-order valence-corrected chi connectivity index (χ2v) is 4.79. The molecular formula is C9H17NO6S. The molecule has 1 rings (SSSR count). The Balaban J connectivity index is 2.71. The molecule has 1 aliphatic heterocycles. The van der Waals surface area contributed by atoms with Crippen LogP contribution in [0.4, 0.5) is 0 Å². The summed E-state index contributed by atoms with van der Waals surface area (Å²) in [6, 6.07) is 0. The number of aliphatic hydroxyl groups excluding tert-OH is 3. The van der Waals surface area contributed by atoms with E-state index in [9.17, 15) is 20.1 Å². The molecule has 1 saturated heterocycles. The zero-order chi connectivity index (χ0) is 13.0. The monoisotopic (exact) mass is 267 g/mol. The highest BCUT2D eigenvalue weighted by Crippen LogP contribution is 2.28. The molecule has 0 bridgehead atoms. The first kappa shape index (κ1) is 14.7. The Morgan fingerprint density at radius 2 is 2.00 bits per heavy atom. The molecule has 7 nitrogen and oxygen atoms in total. The summed E-state index contributed by atoms with van der Waals surface area (Å²) in [5, 5.41) is 28.8. The van der Waals surface area contributed by atoms with Crippen LogP contribution in [0.2, 0.25) is 0 Å². The minimum atomic E-state index is -1.51. The van der Waals surface area contributed by atoms with Gasteiger partial charge < -0.3 is 30.5 Å². The molecule has 5 atom stereocenters. The number of hydrogen-bond donors (Lipinski definition) is 4. The minimum Gasteiger partial charge on any atom is -0.467 e. The van der Waals surface area contributed by atoms with Crippen LogP contribution in [-0.4, -0.2) is 70.5 Å². The minimum absolute atomic E-state index is 0.374. The Kier molecular flexibility index (Phi) is 5.63. The maximum Gasteiger partial charge on any atom is 0.337 e. The molecule has 1 fully saturated rings. The zero-order valence-electron chi connectivity index (χ0n) is 9.35. The summed E-state index contributed by atoms with van der Waals surface area (Å²) < 4.78 is 9.65. The fraction of sp³-hybridized carbons (Fsp3) is 0.889. The molecule has 5 N–H and O–H groups in total. The number of rotatable bonds is 4. The summed E-state index contributed by atoms with van der Waals surface area (Å²) in [5.74, 6) is -0.292. The molecule has 0 aromatic rings. The van der Waals surface area contributed by atoms with Crippen LogP contribution in [0, 0.1) is 0 Å². The highest BCUT2D eigenvalue weighted by Gasteiger charge is 2.47. The van der Waals surface area contributed by atoms with Crippen LogP contribution in [0.1, 0.15) is 0 Å². The summed E-state index contributed by atoms with van der Waals surface area (Å²) >= 11 is 1.17. The van der Waals surface area contributed by atoms with E-state index >= 15 is 0 Å². The standard InChI is InChI=1S/C9H17NO6S/c1-15-8(14)7-5(12)4(11)6(13)9(16-7)17-3-2-10/h4-7,9,11-13H,2-3,10H2,1H3/t4-,5+,6-,7-,9-/m0/s1. The van der Waals surface area contributed by atoms with Crippen molar-refractivity contribution in [3.63, 3.8) is 0 Å². The predicted molar refractivity (Wildman–Crippen MR) is 60.2 cm³/mol. The molecule has 100 valence electrons. The normalized spacial score (nSPS) is 37.8. The van der Waals surface area contributed by atoms with Crippen molar-refractivity contribution in [2.24, 2.45) is 5.73 Å². The topological polar surface area (TPSA) is 122 Å². The Morgan fingerprint density at radius 1 is 1.35 bits per heavy atom. The molecule has 0 amide bonds. The van der Waals surface area contributed by atoms with E-state index in [1.807, 2.05) is 0 Å². The third-order valence-corrected chi connectivity index (χ3v) is 3.59. The van der Waals surface area contributed by atoms with Gasteiger partial charge in [-0.15, -0.1) is 11.8 Å². The van der Waals surface area contributed by atoms with Gasteiger partial charge in [-0.2, -0.15) is 0 Å². The van der Waals surface area contributed by atoms with Crippen molar-refractivity contribution in [2.45, 2.75) is 29.9 Å². The fourth-order valence-electron chi connectivity index (χ4n) is 1.48. The van der Waals surface area contributed by atoms with Crippen LogP contribution in [0.3, 0.4) is 0 Å². The first-order valence-electron chi connectivity index (χ1n) is 5.12. The van der Waals surface area contributed by atoms with Gasteiger partial charge in [-0.05, 0) is 0 Å². The van der Waals surface area contributed by atoms with Gasteiger partial charge in [0.25, 0.3) is 0 Å². The second-order valence-electron chi connectivity index (χ2n) is 3.58. The molecule has 0 unspecified atom stereocenters. The molecular weight excluding hydrogens is 250 g/mol. The third-order valence-electron chi connectivity index (χ3n) is 2.40. The highest BCUT2D eigenvalue weighted by molar-refractivity contribution is 7.99. The SMILES string of the molecule is COC(=O)[C@H]1O[C@@H](SCCN)[C@@H](O)[C@@H](O)[C@H]1O. The second kappa shape index (κ2) is 6.53. The van der Waals surface area contributed by atoms with E-state index in [-0.39, 0.29) is 0 Å². The number of ether oxygens (including phenoxy) is 2. The van der Waals surface area contributed by atoms with E-state index in [0.29, 0.717) is 12.3 Å². The van der Waals surface area contributed by atoms with Crippen molar-refractivity contribution in [1.82, 2.24) is 0 Å². The third kappa shape index (κ3) is 3.30. The maximum atomic E-state index is 11.3. The van der Waals surface area contributed by atoms with Gasteiger partial charge in [-0.1, -0.05) is 0 Å². The molecule has 17 heavy (non-hydrogen) atoms. The number of methoxy groups -OCH3 is 1. The van der Waals surface area contributed by atoms with Crippen molar-refractivity contribution in [3.8, 4) is 0 Å². The van der Waals surface area contributed by atoms with Crippen LogP contribution < -0.4 is 5.73 Å². The van der Waals surface area contributed by atoms with Gasteiger partial charge in [-0.3, -0.25) is 0 Å². The highest BCUT2D eigenvalue weighted by atomic mass is 32.2. The Hall–Kier alpha value is -0.380. The number of carbonyl (C=O) groups is 1. The van der Waals surface area contributed by atoms with Gasteiger partial charge in [0, 0.05) is 12.3 Å². The maximum absolute atomic E-state index is 11.3. The van der Waals surface area contributed by atoms with Gasteiger partial charge in [-0.25, -0.2) is 4.79 Å². The fourth-order valence-corrected chi connectivity index (χ4v) is 2.41. The Bertz CT molecular complexity index is 266. The molecule has 1 aliphatic rings. The van der Waals surface area contributed by atoms with Gasteiger partial charge >= 0.3 is 5.97 Å². The van der Waals surface area contributed by atoms with Crippen molar-refractivity contribution in [2.75, 3.05) is 19.4 Å². The van der Waals surface area contributed by atoms with Crippen molar-refractivity contribution in [1.29, 1.82) is 0 Å². The quantitative estimate of drug-likeness (QED) is 0.418. The van der Waals surface area contributed by atoms with Gasteiger partial charge in [0.1, 0.15) is 23.7 Å². The molecule has 0 aromatic carbocycles. The number of nitrogens with two attached hydrogens (primary N) is 1. The van der Waals surface area contributed by atoms with E-state index in [1.54, 1.807) is 0 Å². The molecule has 0 spiro atoms. The van der Waals surface area contributed by atoms with Gasteiger partial charge in [0.05, 0.1) is 7.11 Å². The van der Waals surface area contributed by atoms with E-state index in [1.165, 1.54) is 11.8 Å². The number of esters is 1. The lowest BCUT2D eigenvalue weighted by molar-refractivity contribution is -0.211. The molecule has 0 aromatic heterocycles. The summed E-state index contributed by atoms with van der Waals surface area (Å²) in [7, 11) is 1.15. The lowest BCUT2D eigenvalue weighted by Gasteiger charge is -2.38. The average molecular weight is 267 g/mol. The van der Waals surface area contributed by atoms with Gasteiger partial charge in [0.2, 0.25) is 0 Å². The largest absolute Gasteiger partial charge is 0.467 e. The Morgan fingerprint density at radius 3 is 2.53 bits per heavy atom. The first-order valence-corrected chi connectivity index (χ1v) is 6.17.